The lowest BCUT2D eigenvalue weighted by Gasteiger charge is -2.00. The minimum Gasteiger partial charge on any atom is -0.384 e. The molecule has 0 aliphatic carbocycles. The van der Waals surface area contributed by atoms with Gasteiger partial charge < -0.3 is 10.3 Å². The molecule has 1 aliphatic rings. The molecular weight excluding hydrogens is 131 g/mol. The average molecular weight is 138 g/mol. The van der Waals surface area contributed by atoms with Crippen LogP contribution in [0.4, 0.5) is 4.39 Å². The third-order valence-electron chi connectivity index (χ3n) is 1.57. The molecule has 3 heteroatoms. The fraction of sp³-hybridized carbons (Fsp3) is 0.143. The number of aromatic nitrogens is 1. The van der Waals surface area contributed by atoms with Gasteiger partial charge in [-0.3, -0.25) is 0 Å². The maximum Gasteiger partial charge on any atom is 0.143 e. The fourth-order valence-electron chi connectivity index (χ4n) is 1.08. The van der Waals surface area contributed by atoms with E-state index >= 15 is 0 Å². The molecular formula is C7H7FN2. The largest absolute Gasteiger partial charge is 0.384 e. The highest BCUT2D eigenvalue weighted by Crippen LogP contribution is 1.91. The molecule has 0 aromatic carbocycles. The summed E-state index contributed by atoms with van der Waals surface area (Å²) in [5.74, 6) is -0.123. The number of nitrogens with one attached hydrogen (secondary N) is 2. The third-order valence-corrected chi connectivity index (χ3v) is 1.57. The second kappa shape index (κ2) is 1.87. The monoisotopic (exact) mass is 138 g/mol. The predicted octanol–water partition coefficient (Wildman–Crippen LogP) is -0.566. The van der Waals surface area contributed by atoms with Crippen molar-refractivity contribution in [3.8, 4) is 0 Å². The van der Waals surface area contributed by atoms with Gasteiger partial charge in [0.15, 0.2) is 0 Å². The topological polar surface area (TPSA) is 27.8 Å². The van der Waals surface area contributed by atoms with Crippen molar-refractivity contribution in [2.75, 3.05) is 6.54 Å². The van der Waals surface area contributed by atoms with Crippen LogP contribution in [0.25, 0.3) is 12.0 Å². The summed E-state index contributed by atoms with van der Waals surface area (Å²) in [6, 6.07) is 1.83. The zero-order chi connectivity index (χ0) is 6.97. The van der Waals surface area contributed by atoms with Gasteiger partial charge in [0, 0.05) is 17.6 Å². The van der Waals surface area contributed by atoms with Crippen LogP contribution >= 0.6 is 0 Å². The zero-order valence-corrected chi connectivity index (χ0v) is 5.32. The molecule has 0 bridgehead atoms. The van der Waals surface area contributed by atoms with Crippen molar-refractivity contribution in [3.05, 3.63) is 22.8 Å². The molecule has 0 saturated heterocycles. The second-order valence-corrected chi connectivity index (χ2v) is 2.24. The van der Waals surface area contributed by atoms with Crippen LogP contribution in [-0.2, 0) is 0 Å². The van der Waals surface area contributed by atoms with Crippen molar-refractivity contribution in [3.63, 3.8) is 0 Å². The summed E-state index contributed by atoms with van der Waals surface area (Å²) in [4.78, 5) is 2.82. The van der Waals surface area contributed by atoms with Crippen molar-refractivity contribution in [2.24, 2.45) is 0 Å². The highest BCUT2D eigenvalue weighted by Gasteiger charge is 2.01. The van der Waals surface area contributed by atoms with Crippen LogP contribution in [-0.4, -0.2) is 11.5 Å². The molecule has 1 aromatic heterocycles. The van der Waals surface area contributed by atoms with Gasteiger partial charge >= 0.3 is 0 Å². The van der Waals surface area contributed by atoms with Gasteiger partial charge in [-0.2, -0.15) is 0 Å². The van der Waals surface area contributed by atoms with Crippen LogP contribution in [0.3, 0.4) is 0 Å². The molecule has 0 unspecified atom stereocenters. The summed E-state index contributed by atoms with van der Waals surface area (Å²) in [5, 5.41) is 4.32. The quantitative estimate of drug-likeness (QED) is 0.494. The molecule has 2 heterocycles. The van der Waals surface area contributed by atoms with E-state index in [9.17, 15) is 4.39 Å². The van der Waals surface area contributed by atoms with E-state index in [4.69, 9.17) is 0 Å². The van der Waals surface area contributed by atoms with Gasteiger partial charge in [0.1, 0.15) is 5.83 Å². The molecule has 0 fully saturated rings. The summed E-state index contributed by atoms with van der Waals surface area (Å²) >= 11 is 0. The standard InChI is InChI=1S/C7H7FN2/c8-6-4-9-3-5-1-2-10-7(5)6/h1-3,9-10H,4H2. The first kappa shape index (κ1) is 5.53. The lowest BCUT2D eigenvalue weighted by molar-refractivity contribution is 0.696. The second-order valence-electron chi connectivity index (χ2n) is 2.24. The lowest BCUT2D eigenvalue weighted by Crippen LogP contribution is -2.34. The number of aromatic amines is 1. The van der Waals surface area contributed by atoms with Gasteiger partial charge in [0.2, 0.25) is 0 Å². The van der Waals surface area contributed by atoms with Gasteiger partial charge in [-0.15, -0.1) is 0 Å². The number of H-pyrrole nitrogens is 1. The van der Waals surface area contributed by atoms with Crippen LogP contribution < -0.4 is 15.9 Å². The summed E-state index contributed by atoms with van der Waals surface area (Å²) in [6.45, 7) is 0.299. The summed E-state index contributed by atoms with van der Waals surface area (Å²) in [7, 11) is 0. The Labute approximate surface area is 57.1 Å². The van der Waals surface area contributed by atoms with Crippen molar-refractivity contribution in [1.82, 2.24) is 10.3 Å². The number of hydrogen-bond donors (Lipinski definition) is 2. The normalized spacial score (nSPS) is 15.5. The molecule has 2 rings (SSSR count). The lowest BCUT2D eigenvalue weighted by atomic mass is 10.3. The number of halogens is 1. The molecule has 2 N–H and O–H groups in total. The van der Waals surface area contributed by atoms with E-state index in [1.54, 1.807) is 12.4 Å². The predicted molar refractivity (Wildman–Crippen MR) is 37.0 cm³/mol. The van der Waals surface area contributed by atoms with Crippen LogP contribution in [0.15, 0.2) is 12.3 Å². The molecule has 1 aliphatic heterocycles. The van der Waals surface area contributed by atoms with Gasteiger partial charge in [0.25, 0.3) is 0 Å². The smallest absolute Gasteiger partial charge is 0.143 e. The van der Waals surface area contributed by atoms with Crippen LogP contribution in [0.2, 0.25) is 0 Å². The van der Waals surface area contributed by atoms with Crippen LogP contribution in [0.5, 0.6) is 0 Å². The maximum atomic E-state index is 12.8. The average Bonchev–Trinajstić information content (AvgIpc) is 2.36. The summed E-state index contributed by atoms with van der Waals surface area (Å²) < 4.78 is 12.8. The molecule has 10 heavy (non-hydrogen) atoms. The Hall–Kier alpha value is -1.25. The Bertz CT molecular complexity index is 350. The highest BCUT2D eigenvalue weighted by molar-refractivity contribution is 5.43. The summed E-state index contributed by atoms with van der Waals surface area (Å²) in [5.41, 5.74) is 0. The number of fused-ring (bicyclic) bond motifs is 1. The minimum atomic E-state index is -0.123. The van der Waals surface area contributed by atoms with Crippen LogP contribution in [0.1, 0.15) is 0 Å². The van der Waals surface area contributed by atoms with Gasteiger partial charge in [-0.1, -0.05) is 0 Å². The maximum absolute atomic E-state index is 12.8. The fourth-order valence-corrected chi connectivity index (χ4v) is 1.08. The molecule has 0 spiro atoms. The SMILES string of the molecule is FC1=c2[nH]ccc2=CNC1. The first-order valence-corrected chi connectivity index (χ1v) is 3.13. The van der Waals surface area contributed by atoms with E-state index in [1.807, 2.05) is 6.07 Å². The van der Waals surface area contributed by atoms with E-state index in [0.29, 0.717) is 11.9 Å². The third kappa shape index (κ3) is 0.635. The molecule has 0 atom stereocenters. The first-order valence-electron chi connectivity index (χ1n) is 3.13. The molecule has 0 saturated carbocycles. The Morgan fingerprint density at radius 2 is 2.40 bits per heavy atom. The van der Waals surface area contributed by atoms with Crippen molar-refractivity contribution < 1.29 is 4.39 Å². The first-order chi connectivity index (χ1) is 4.88. The van der Waals surface area contributed by atoms with E-state index in [-0.39, 0.29) is 5.83 Å². The van der Waals surface area contributed by atoms with E-state index < -0.39 is 0 Å². The molecule has 52 valence electrons. The molecule has 0 amide bonds. The van der Waals surface area contributed by atoms with Gasteiger partial charge in [0.05, 0.1) is 11.9 Å². The summed E-state index contributed by atoms with van der Waals surface area (Å²) in [6.07, 6.45) is 3.53. The Kier molecular flexibility index (Phi) is 1.03. The van der Waals surface area contributed by atoms with Crippen molar-refractivity contribution in [1.29, 1.82) is 0 Å². The Balaban J connectivity index is 2.91. The number of rotatable bonds is 0. The molecule has 0 radical (unpaired) electrons. The van der Waals surface area contributed by atoms with E-state index in [2.05, 4.69) is 10.3 Å². The van der Waals surface area contributed by atoms with E-state index in [0.717, 1.165) is 5.22 Å². The highest BCUT2D eigenvalue weighted by atomic mass is 19.1. The van der Waals surface area contributed by atoms with Crippen molar-refractivity contribution in [2.45, 2.75) is 0 Å². The Morgan fingerprint density at radius 1 is 1.50 bits per heavy atom. The van der Waals surface area contributed by atoms with Crippen molar-refractivity contribution >= 4 is 12.0 Å². The zero-order valence-electron chi connectivity index (χ0n) is 5.32. The van der Waals surface area contributed by atoms with Crippen LogP contribution in [0, 0.1) is 0 Å². The van der Waals surface area contributed by atoms with E-state index in [1.165, 1.54) is 0 Å². The minimum absolute atomic E-state index is 0.123. The Morgan fingerprint density at radius 3 is 3.20 bits per heavy atom. The number of hydrogen-bond acceptors (Lipinski definition) is 1. The van der Waals surface area contributed by atoms with Gasteiger partial charge in [-0.05, 0) is 6.07 Å². The molecule has 1 aromatic rings. The van der Waals surface area contributed by atoms with Gasteiger partial charge in [-0.25, -0.2) is 4.39 Å². The molecule has 2 nitrogen and oxygen atoms in total.